The van der Waals surface area contributed by atoms with E-state index in [1.165, 1.54) is 0 Å². The third kappa shape index (κ3) is 4.44. The molecule has 21 heavy (non-hydrogen) atoms. The van der Waals surface area contributed by atoms with Crippen molar-refractivity contribution in [2.24, 2.45) is 0 Å². The van der Waals surface area contributed by atoms with Crippen molar-refractivity contribution in [2.45, 2.75) is 6.92 Å². The van der Waals surface area contributed by atoms with E-state index in [-0.39, 0.29) is 18.4 Å². The second-order valence-electron chi connectivity index (χ2n) is 4.42. The maximum absolute atomic E-state index is 11.8. The first-order chi connectivity index (χ1) is 9.95. The summed E-state index contributed by atoms with van der Waals surface area (Å²) in [4.78, 5) is 26.4. The molecule has 2 aromatic rings. The molecule has 5 nitrogen and oxygen atoms in total. The predicted molar refractivity (Wildman–Crippen MR) is 88.3 cm³/mol. The molecule has 0 radical (unpaired) electrons. The Morgan fingerprint density at radius 2 is 1.95 bits per heavy atom. The summed E-state index contributed by atoms with van der Waals surface area (Å²) in [7, 11) is 0. The Balaban J connectivity index is 1.89. The largest absolute Gasteiger partial charge is 0.356 e. The molecule has 0 atom stereocenters. The normalized spacial score (nSPS) is 10.2. The lowest BCUT2D eigenvalue weighted by Crippen LogP contribution is -2.33. The first-order valence-electron chi connectivity index (χ1n) is 6.14. The van der Waals surface area contributed by atoms with E-state index in [0.29, 0.717) is 5.69 Å². The second-order valence-corrected chi connectivity index (χ2v) is 6.25. The highest BCUT2D eigenvalue weighted by molar-refractivity contribution is 9.10. The Morgan fingerprint density at radius 3 is 2.57 bits per heavy atom. The van der Waals surface area contributed by atoms with Gasteiger partial charge in [-0.25, -0.2) is 0 Å². The summed E-state index contributed by atoms with van der Waals surface area (Å²) in [6, 6.07) is 7.20. The number of nitrogens with one attached hydrogen (secondary N) is 3. The average Bonchev–Trinajstić information content (AvgIpc) is 2.86. The van der Waals surface area contributed by atoms with Gasteiger partial charge in [-0.15, -0.1) is 0 Å². The molecule has 0 aliphatic rings. The minimum atomic E-state index is -0.330. The molecule has 0 spiro atoms. The van der Waals surface area contributed by atoms with Gasteiger partial charge in [-0.2, -0.15) is 0 Å². The van der Waals surface area contributed by atoms with Crippen molar-refractivity contribution in [1.82, 2.24) is 10.3 Å². The summed E-state index contributed by atoms with van der Waals surface area (Å²) >= 11 is 6.61. The average molecular weight is 415 g/mol. The van der Waals surface area contributed by atoms with Gasteiger partial charge in [-0.3, -0.25) is 9.59 Å². The van der Waals surface area contributed by atoms with E-state index in [4.69, 9.17) is 0 Å². The van der Waals surface area contributed by atoms with Crippen molar-refractivity contribution < 1.29 is 9.59 Å². The van der Waals surface area contributed by atoms with Crippen molar-refractivity contribution in [3.05, 3.63) is 50.7 Å². The lowest BCUT2D eigenvalue weighted by atomic mass is 10.2. The number of hydrogen-bond donors (Lipinski definition) is 3. The molecule has 0 fully saturated rings. The maximum atomic E-state index is 11.8. The fourth-order valence-electron chi connectivity index (χ4n) is 1.72. The summed E-state index contributed by atoms with van der Waals surface area (Å²) in [6.07, 6.45) is 1.65. The monoisotopic (exact) mass is 413 g/mol. The van der Waals surface area contributed by atoms with Crippen LogP contribution in [-0.4, -0.2) is 23.3 Å². The molecule has 0 saturated heterocycles. The van der Waals surface area contributed by atoms with Crippen LogP contribution in [0.2, 0.25) is 0 Å². The van der Waals surface area contributed by atoms with Gasteiger partial charge in [-0.05, 0) is 52.7 Å². The molecule has 0 unspecified atom stereocenters. The van der Waals surface area contributed by atoms with Crippen molar-refractivity contribution in [1.29, 1.82) is 0 Å². The molecule has 2 amide bonds. The van der Waals surface area contributed by atoms with Crippen molar-refractivity contribution >= 4 is 49.4 Å². The third-order valence-corrected chi connectivity index (χ3v) is 3.72. The van der Waals surface area contributed by atoms with Crippen molar-refractivity contribution in [2.75, 3.05) is 11.9 Å². The van der Waals surface area contributed by atoms with Crippen LogP contribution in [0.3, 0.4) is 0 Å². The fraction of sp³-hybridized carbons (Fsp3) is 0.143. The highest BCUT2D eigenvalue weighted by Crippen LogP contribution is 2.19. The van der Waals surface area contributed by atoms with Crippen LogP contribution in [0.1, 0.15) is 16.1 Å². The fourth-order valence-corrected chi connectivity index (χ4v) is 2.54. The number of aromatic amines is 1. The van der Waals surface area contributed by atoms with Gasteiger partial charge in [0.1, 0.15) is 5.69 Å². The molecular weight excluding hydrogens is 402 g/mol. The van der Waals surface area contributed by atoms with Gasteiger partial charge in [0.15, 0.2) is 0 Å². The van der Waals surface area contributed by atoms with E-state index >= 15 is 0 Å². The molecule has 1 heterocycles. The van der Waals surface area contributed by atoms with E-state index in [1.54, 1.807) is 18.3 Å². The first-order valence-corrected chi connectivity index (χ1v) is 7.72. The lowest BCUT2D eigenvalue weighted by molar-refractivity contribution is -0.115. The molecule has 3 N–H and O–H groups in total. The zero-order chi connectivity index (χ0) is 15.4. The first kappa shape index (κ1) is 15.8. The Morgan fingerprint density at radius 1 is 1.19 bits per heavy atom. The molecule has 0 saturated carbocycles. The number of carbonyl (C=O) groups excluding carboxylic acids is 2. The van der Waals surface area contributed by atoms with Crippen LogP contribution in [0, 0.1) is 6.92 Å². The number of anilines is 1. The number of halogens is 2. The van der Waals surface area contributed by atoms with Gasteiger partial charge >= 0.3 is 0 Å². The van der Waals surface area contributed by atoms with Gasteiger partial charge in [0.05, 0.1) is 6.54 Å². The Bertz CT molecular complexity index is 683. The van der Waals surface area contributed by atoms with Gasteiger partial charge in [0.2, 0.25) is 5.91 Å². The van der Waals surface area contributed by atoms with E-state index in [0.717, 1.165) is 20.2 Å². The maximum Gasteiger partial charge on any atom is 0.268 e. The summed E-state index contributed by atoms with van der Waals surface area (Å²) < 4.78 is 1.73. The molecule has 2 rings (SSSR count). The van der Waals surface area contributed by atoms with Gasteiger partial charge < -0.3 is 15.6 Å². The number of carbonyl (C=O) groups is 2. The Hall–Kier alpha value is -1.60. The molecule has 0 aliphatic heterocycles. The lowest BCUT2D eigenvalue weighted by Gasteiger charge is -2.09. The molecule has 1 aromatic heterocycles. The smallest absolute Gasteiger partial charge is 0.268 e. The summed E-state index contributed by atoms with van der Waals surface area (Å²) in [6.45, 7) is 1.81. The number of amides is 2. The van der Waals surface area contributed by atoms with E-state index < -0.39 is 0 Å². The number of aromatic nitrogens is 1. The summed E-state index contributed by atoms with van der Waals surface area (Å²) in [5.74, 6) is -0.609. The number of aryl methyl sites for hydroxylation is 1. The summed E-state index contributed by atoms with van der Waals surface area (Å²) in [5, 5.41) is 5.31. The van der Waals surface area contributed by atoms with Crippen molar-refractivity contribution in [3.8, 4) is 0 Å². The van der Waals surface area contributed by atoms with Gasteiger partial charge in [0.25, 0.3) is 5.91 Å². The van der Waals surface area contributed by atoms with Crippen LogP contribution in [0.4, 0.5) is 5.69 Å². The highest BCUT2D eigenvalue weighted by Gasteiger charge is 2.10. The minimum absolute atomic E-state index is 0.0923. The molecule has 7 heteroatoms. The van der Waals surface area contributed by atoms with Crippen LogP contribution in [0.15, 0.2) is 39.4 Å². The second kappa shape index (κ2) is 6.91. The van der Waals surface area contributed by atoms with Crippen LogP contribution >= 0.6 is 31.9 Å². The molecular formula is C14H13Br2N3O2. The third-order valence-electron chi connectivity index (χ3n) is 2.76. The Kier molecular flexibility index (Phi) is 5.19. The van der Waals surface area contributed by atoms with E-state index in [1.807, 2.05) is 19.1 Å². The van der Waals surface area contributed by atoms with Crippen LogP contribution in [-0.2, 0) is 4.79 Å². The zero-order valence-electron chi connectivity index (χ0n) is 11.2. The van der Waals surface area contributed by atoms with Gasteiger partial charge in [-0.1, -0.05) is 15.9 Å². The van der Waals surface area contributed by atoms with Gasteiger partial charge in [0, 0.05) is 20.8 Å². The van der Waals surface area contributed by atoms with E-state index in [2.05, 4.69) is 47.5 Å². The van der Waals surface area contributed by atoms with Crippen LogP contribution < -0.4 is 10.6 Å². The zero-order valence-corrected chi connectivity index (χ0v) is 14.3. The van der Waals surface area contributed by atoms with E-state index in [9.17, 15) is 9.59 Å². The molecule has 0 aliphatic carbocycles. The molecule has 110 valence electrons. The SMILES string of the molecule is Cc1cc(Br)ccc1NC(=O)CNC(=O)c1cc(Br)c[nH]1. The number of benzene rings is 1. The number of H-pyrrole nitrogens is 1. The number of hydrogen-bond acceptors (Lipinski definition) is 2. The predicted octanol–water partition coefficient (Wildman–Crippen LogP) is 3.22. The topological polar surface area (TPSA) is 74.0 Å². The highest BCUT2D eigenvalue weighted by atomic mass is 79.9. The standard InChI is InChI=1S/C14H13Br2N3O2/c1-8-4-9(15)2-3-11(8)19-13(20)7-18-14(21)12-5-10(16)6-17-12/h2-6,17H,7H2,1H3,(H,18,21)(H,19,20). The Labute approximate surface area is 138 Å². The molecule has 1 aromatic carbocycles. The number of rotatable bonds is 4. The van der Waals surface area contributed by atoms with Crippen LogP contribution in [0.25, 0.3) is 0 Å². The van der Waals surface area contributed by atoms with Crippen LogP contribution in [0.5, 0.6) is 0 Å². The summed E-state index contributed by atoms with van der Waals surface area (Å²) in [5.41, 5.74) is 2.06. The quantitative estimate of drug-likeness (QED) is 0.718. The molecule has 0 bridgehead atoms. The van der Waals surface area contributed by atoms with Crippen molar-refractivity contribution in [3.63, 3.8) is 0 Å². The minimum Gasteiger partial charge on any atom is -0.356 e.